The van der Waals surface area contributed by atoms with E-state index in [0.717, 1.165) is 23.5 Å². The molecular formula is C17H16FN7. The molecule has 0 spiro atoms. The number of hydrogen-bond donors (Lipinski definition) is 0. The van der Waals surface area contributed by atoms with Crippen LogP contribution in [0.25, 0.3) is 22.7 Å². The predicted molar refractivity (Wildman–Crippen MR) is 90.3 cm³/mol. The fourth-order valence-corrected chi connectivity index (χ4v) is 2.86. The molecule has 4 heterocycles. The molecule has 0 aromatic carbocycles. The van der Waals surface area contributed by atoms with Gasteiger partial charge in [-0.25, -0.2) is 29.3 Å². The Morgan fingerprint density at radius 1 is 1.12 bits per heavy atom. The second-order valence-corrected chi connectivity index (χ2v) is 5.61. The molecule has 25 heavy (non-hydrogen) atoms. The number of imidazole rings is 2. The summed E-state index contributed by atoms with van der Waals surface area (Å²) in [6.07, 6.45) is 6.70. The van der Waals surface area contributed by atoms with Crippen molar-refractivity contribution in [3.05, 3.63) is 54.4 Å². The monoisotopic (exact) mass is 337 g/mol. The maximum atomic E-state index is 14.1. The molecule has 0 unspecified atom stereocenters. The van der Waals surface area contributed by atoms with Crippen LogP contribution in [0, 0.1) is 12.7 Å². The minimum Gasteiger partial charge on any atom is -0.322 e. The Morgan fingerprint density at radius 3 is 2.80 bits per heavy atom. The van der Waals surface area contributed by atoms with Gasteiger partial charge in [-0.3, -0.25) is 0 Å². The molecule has 4 rings (SSSR count). The summed E-state index contributed by atoms with van der Waals surface area (Å²) in [5, 5.41) is 0. The van der Waals surface area contributed by atoms with Gasteiger partial charge in [0.15, 0.2) is 17.3 Å². The number of nitrogens with zero attached hydrogens (tertiary/aromatic N) is 7. The molecule has 0 radical (unpaired) electrons. The van der Waals surface area contributed by atoms with Gasteiger partial charge < -0.3 is 9.13 Å². The first kappa shape index (κ1) is 15.4. The van der Waals surface area contributed by atoms with E-state index in [9.17, 15) is 4.39 Å². The summed E-state index contributed by atoms with van der Waals surface area (Å²) in [5.74, 6) is 1.58. The van der Waals surface area contributed by atoms with Crippen LogP contribution in [-0.2, 0) is 13.1 Å². The largest absolute Gasteiger partial charge is 0.322 e. The molecule has 0 aliphatic carbocycles. The summed E-state index contributed by atoms with van der Waals surface area (Å²) in [4.78, 5) is 21.7. The highest BCUT2D eigenvalue weighted by Crippen LogP contribution is 2.20. The smallest absolute Gasteiger partial charge is 0.163 e. The molecule has 0 saturated heterocycles. The van der Waals surface area contributed by atoms with Crippen LogP contribution in [0.15, 0.2) is 36.9 Å². The minimum absolute atomic E-state index is 0.224. The molecular weight excluding hydrogens is 321 g/mol. The Labute approximate surface area is 143 Å². The first-order valence-electron chi connectivity index (χ1n) is 7.98. The van der Waals surface area contributed by atoms with E-state index in [0.29, 0.717) is 18.2 Å². The third-order valence-electron chi connectivity index (χ3n) is 4.00. The molecule has 0 saturated carbocycles. The van der Waals surface area contributed by atoms with E-state index in [1.807, 2.05) is 23.0 Å². The van der Waals surface area contributed by atoms with Crippen molar-refractivity contribution in [1.82, 2.24) is 34.1 Å². The second-order valence-electron chi connectivity index (χ2n) is 5.61. The third kappa shape index (κ3) is 2.65. The Hall–Kier alpha value is -3.16. The van der Waals surface area contributed by atoms with Gasteiger partial charge in [-0.1, -0.05) is 0 Å². The van der Waals surface area contributed by atoms with Gasteiger partial charge in [-0.05, 0) is 26.0 Å². The molecule has 4 aromatic heterocycles. The summed E-state index contributed by atoms with van der Waals surface area (Å²) < 4.78 is 17.9. The lowest BCUT2D eigenvalue weighted by Gasteiger charge is -2.09. The number of halogens is 1. The van der Waals surface area contributed by atoms with E-state index in [4.69, 9.17) is 0 Å². The molecule has 0 amide bonds. The number of fused-ring (bicyclic) bond motifs is 1. The summed E-state index contributed by atoms with van der Waals surface area (Å²) in [7, 11) is 0. The number of aryl methyl sites for hydroxylation is 2. The zero-order valence-corrected chi connectivity index (χ0v) is 13.9. The highest BCUT2D eigenvalue weighted by molar-refractivity contribution is 5.70. The van der Waals surface area contributed by atoms with Crippen LogP contribution in [-0.4, -0.2) is 34.1 Å². The topological polar surface area (TPSA) is 74.3 Å². The van der Waals surface area contributed by atoms with Crippen molar-refractivity contribution in [1.29, 1.82) is 0 Å². The molecule has 8 heteroatoms. The molecule has 0 aliphatic heterocycles. The summed E-state index contributed by atoms with van der Waals surface area (Å²) >= 11 is 0. The van der Waals surface area contributed by atoms with E-state index >= 15 is 0 Å². The Morgan fingerprint density at radius 2 is 2.00 bits per heavy atom. The molecule has 0 aliphatic rings. The molecule has 0 N–H and O–H groups in total. The summed E-state index contributed by atoms with van der Waals surface area (Å²) in [6.45, 7) is 5.05. The normalized spacial score (nSPS) is 11.3. The zero-order chi connectivity index (χ0) is 17.4. The number of pyridine rings is 1. The summed E-state index contributed by atoms with van der Waals surface area (Å²) in [6, 6.07) is 2.94. The fraction of sp³-hybridized carbons (Fsp3) is 0.235. The van der Waals surface area contributed by atoms with Crippen LogP contribution in [0.4, 0.5) is 4.39 Å². The average Bonchev–Trinajstić information content (AvgIpc) is 3.19. The van der Waals surface area contributed by atoms with Crippen LogP contribution in [0.3, 0.4) is 0 Å². The van der Waals surface area contributed by atoms with Crippen molar-refractivity contribution >= 4 is 11.2 Å². The molecule has 0 atom stereocenters. The Bertz CT molecular complexity index is 1050. The lowest BCUT2D eigenvalue weighted by atomic mass is 10.3. The number of rotatable bonds is 4. The quantitative estimate of drug-likeness (QED) is 0.572. The number of hydrogen-bond acceptors (Lipinski definition) is 5. The van der Waals surface area contributed by atoms with Crippen LogP contribution in [0.2, 0.25) is 0 Å². The molecule has 126 valence electrons. The van der Waals surface area contributed by atoms with Gasteiger partial charge in [0.1, 0.15) is 22.9 Å². The van der Waals surface area contributed by atoms with Crippen molar-refractivity contribution in [3.8, 4) is 11.5 Å². The predicted octanol–water partition coefficient (Wildman–Crippen LogP) is 2.60. The third-order valence-corrected chi connectivity index (χ3v) is 4.00. The van der Waals surface area contributed by atoms with Gasteiger partial charge in [-0.2, -0.15) is 0 Å². The van der Waals surface area contributed by atoms with Gasteiger partial charge in [0, 0.05) is 25.1 Å². The van der Waals surface area contributed by atoms with Gasteiger partial charge in [0.2, 0.25) is 0 Å². The Balaban J connectivity index is 1.79. The van der Waals surface area contributed by atoms with Crippen molar-refractivity contribution in [2.24, 2.45) is 0 Å². The van der Waals surface area contributed by atoms with E-state index in [1.54, 1.807) is 30.9 Å². The fourth-order valence-electron chi connectivity index (χ4n) is 2.86. The summed E-state index contributed by atoms with van der Waals surface area (Å²) in [5.41, 5.74) is 1.77. The lowest BCUT2D eigenvalue weighted by molar-refractivity contribution is 0.618. The molecule has 4 aromatic rings. The standard InChI is InChI=1S/C17H16FN7/c1-3-25-14(23-13-9-21-11(2)22-16(13)25)10-24-8-7-20-17(24)15-12(18)5-4-6-19-15/h4-9H,3,10H2,1-2H3. The second kappa shape index (κ2) is 6.04. The zero-order valence-electron chi connectivity index (χ0n) is 13.9. The van der Waals surface area contributed by atoms with Gasteiger partial charge in [0.05, 0.1) is 12.7 Å². The lowest BCUT2D eigenvalue weighted by Crippen LogP contribution is -2.10. The van der Waals surface area contributed by atoms with Crippen molar-refractivity contribution in [2.45, 2.75) is 26.9 Å². The minimum atomic E-state index is -0.402. The van der Waals surface area contributed by atoms with Crippen LogP contribution in [0.5, 0.6) is 0 Å². The highest BCUT2D eigenvalue weighted by atomic mass is 19.1. The van der Waals surface area contributed by atoms with Crippen molar-refractivity contribution in [3.63, 3.8) is 0 Å². The SMILES string of the molecule is CCn1c(Cn2ccnc2-c2ncccc2F)nc2cnc(C)nc21. The van der Waals surface area contributed by atoms with Crippen molar-refractivity contribution < 1.29 is 4.39 Å². The molecule has 0 fully saturated rings. The number of aromatic nitrogens is 7. The maximum Gasteiger partial charge on any atom is 0.163 e. The van der Waals surface area contributed by atoms with Crippen LogP contribution in [0.1, 0.15) is 18.6 Å². The van der Waals surface area contributed by atoms with E-state index < -0.39 is 5.82 Å². The first-order chi connectivity index (χ1) is 12.2. The highest BCUT2D eigenvalue weighted by Gasteiger charge is 2.16. The first-order valence-corrected chi connectivity index (χ1v) is 7.98. The van der Waals surface area contributed by atoms with Gasteiger partial charge in [0.25, 0.3) is 0 Å². The van der Waals surface area contributed by atoms with Crippen LogP contribution < -0.4 is 0 Å². The van der Waals surface area contributed by atoms with Gasteiger partial charge >= 0.3 is 0 Å². The van der Waals surface area contributed by atoms with Crippen molar-refractivity contribution in [2.75, 3.05) is 0 Å². The van der Waals surface area contributed by atoms with E-state index in [-0.39, 0.29) is 5.69 Å². The van der Waals surface area contributed by atoms with E-state index in [2.05, 4.69) is 24.9 Å². The van der Waals surface area contributed by atoms with Gasteiger partial charge in [-0.15, -0.1) is 0 Å². The Kier molecular flexibility index (Phi) is 3.72. The average molecular weight is 337 g/mol. The molecule has 0 bridgehead atoms. The van der Waals surface area contributed by atoms with Crippen LogP contribution >= 0.6 is 0 Å². The maximum absolute atomic E-state index is 14.1. The molecule has 7 nitrogen and oxygen atoms in total. The van der Waals surface area contributed by atoms with E-state index in [1.165, 1.54) is 6.07 Å².